The lowest BCUT2D eigenvalue weighted by Crippen LogP contribution is -2.37. The van der Waals surface area contributed by atoms with E-state index in [2.05, 4.69) is 78.8 Å². The minimum Gasteiger partial charge on any atom is -0.356 e. The van der Waals surface area contributed by atoms with E-state index in [1.54, 1.807) is 19.4 Å². The van der Waals surface area contributed by atoms with E-state index >= 15 is 0 Å². The number of benzene rings is 2. The van der Waals surface area contributed by atoms with Crippen molar-refractivity contribution in [1.82, 2.24) is 30.0 Å². The summed E-state index contributed by atoms with van der Waals surface area (Å²) < 4.78 is 3.92. The van der Waals surface area contributed by atoms with Gasteiger partial charge >= 0.3 is 0 Å². The highest BCUT2D eigenvalue weighted by Crippen LogP contribution is 2.09. The van der Waals surface area contributed by atoms with Crippen molar-refractivity contribution in [1.29, 1.82) is 0 Å². The van der Waals surface area contributed by atoms with Gasteiger partial charge in [0.15, 0.2) is 5.96 Å². The summed E-state index contributed by atoms with van der Waals surface area (Å²) in [5.41, 5.74) is 4.80. The van der Waals surface area contributed by atoms with Gasteiger partial charge in [-0.3, -0.25) is 4.99 Å². The van der Waals surface area contributed by atoms with Crippen molar-refractivity contribution in [3.8, 4) is 5.69 Å². The first kappa shape index (κ1) is 20.4. The van der Waals surface area contributed by atoms with Gasteiger partial charge in [-0.25, -0.2) is 9.67 Å². The van der Waals surface area contributed by atoms with Crippen LogP contribution in [0.4, 0.5) is 0 Å². The molecule has 0 bridgehead atoms. The second-order valence-electron chi connectivity index (χ2n) is 7.27. The summed E-state index contributed by atoms with van der Waals surface area (Å²) in [4.78, 5) is 8.40. The van der Waals surface area contributed by atoms with Crippen LogP contribution in [-0.2, 0) is 19.5 Å². The topological polar surface area (TPSA) is 72.1 Å². The molecule has 4 aromatic rings. The standard InChI is InChI=1S/C24H27N7/c1-25-24(27-13-11-20-7-9-23(10-8-20)31-15-2-12-29-31)28-17-21-3-5-22(6-4-21)18-30-16-14-26-19-30/h2-10,12,14-16,19H,11,13,17-18H2,1H3,(H2,25,27,28). The summed E-state index contributed by atoms with van der Waals surface area (Å²) in [6.07, 6.45) is 10.2. The number of imidazole rings is 1. The molecular formula is C24H27N7. The van der Waals surface area contributed by atoms with E-state index in [0.717, 1.165) is 37.7 Å². The molecule has 0 saturated heterocycles. The van der Waals surface area contributed by atoms with Gasteiger partial charge in [-0.1, -0.05) is 36.4 Å². The van der Waals surface area contributed by atoms with Crippen LogP contribution in [0.1, 0.15) is 16.7 Å². The Morgan fingerprint density at radius 2 is 1.68 bits per heavy atom. The summed E-state index contributed by atoms with van der Waals surface area (Å²) in [5, 5.41) is 11.0. The van der Waals surface area contributed by atoms with Gasteiger partial charge in [0.25, 0.3) is 0 Å². The number of nitrogens with zero attached hydrogens (tertiary/aromatic N) is 5. The third kappa shape index (κ3) is 5.82. The Balaban J connectivity index is 1.21. The zero-order valence-corrected chi connectivity index (χ0v) is 17.6. The monoisotopic (exact) mass is 413 g/mol. The van der Waals surface area contributed by atoms with Gasteiger partial charge in [-0.15, -0.1) is 0 Å². The van der Waals surface area contributed by atoms with E-state index in [1.807, 2.05) is 29.5 Å². The molecule has 2 aromatic carbocycles. The van der Waals surface area contributed by atoms with Crippen molar-refractivity contribution in [3.05, 3.63) is 102 Å². The summed E-state index contributed by atoms with van der Waals surface area (Å²) in [6.45, 7) is 2.37. The third-order valence-electron chi connectivity index (χ3n) is 5.04. The van der Waals surface area contributed by atoms with Crippen LogP contribution in [0.5, 0.6) is 0 Å². The molecule has 7 nitrogen and oxygen atoms in total. The lowest BCUT2D eigenvalue weighted by Gasteiger charge is -2.12. The van der Waals surface area contributed by atoms with Crippen LogP contribution in [0.3, 0.4) is 0 Å². The van der Waals surface area contributed by atoms with Crippen molar-refractivity contribution in [2.75, 3.05) is 13.6 Å². The van der Waals surface area contributed by atoms with E-state index in [9.17, 15) is 0 Å². The molecule has 0 aliphatic heterocycles. The zero-order valence-electron chi connectivity index (χ0n) is 17.6. The predicted octanol–water partition coefficient (Wildman–Crippen LogP) is 3.02. The number of aromatic nitrogens is 4. The highest BCUT2D eigenvalue weighted by Gasteiger charge is 2.01. The molecule has 2 heterocycles. The Kier molecular flexibility index (Phi) is 6.74. The molecule has 0 unspecified atom stereocenters. The van der Waals surface area contributed by atoms with Crippen LogP contribution >= 0.6 is 0 Å². The molecular weight excluding hydrogens is 386 g/mol. The molecule has 7 heteroatoms. The van der Waals surface area contributed by atoms with Crippen molar-refractivity contribution >= 4 is 5.96 Å². The van der Waals surface area contributed by atoms with Crippen LogP contribution in [-0.4, -0.2) is 38.9 Å². The van der Waals surface area contributed by atoms with Crippen LogP contribution in [0.25, 0.3) is 5.69 Å². The molecule has 2 N–H and O–H groups in total. The molecule has 0 aliphatic carbocycles. The third-order valence-corrected chi connectivity index (χ3v) is 5.04. The number of rotatable bonds is 8. The molecule has 0 fully saturated rings. The first-order chi connectivity index (χ1) is 15.3. The molecule has 4 rings (SSSR count). The lowest BCUT2D eigenvalue weighted by atomic mass is 10.1. The van der Waals surface area contributed by atoms with Gasteiger partial charge in [0.1, 0.15) is 0 Å². The van der Waals surface area contributed by atoms with Crippen molar-refractivity contribution in [3.63, 3.8) is 0 Å². The SMILES string of the molecule is CN=C(NCCc1ccc(-n2cccn2)cc1)NCc1ccc(Cn2ccnc2)cc1. The second kappa shape index (κ2) is 10.2. The summed E-state index contributed by atoms with van der Waals surface area (Å²) in [7, 11) is 1.79. The van der Waals surface area contributed by atoms with Gasteiger partial charge in [0, 0.05) is 51.5 Å². The quantitative estimate of drug-likeness (QED) is 0.344. The smallest absolute Gasteiger partial charge is 0.191 e. The number of guanidine groups is 1. The van der Waals surface area contributed by atoms with Crippen LogP contribution in [0.2, 0.25) is 0 Å². The first-order valence-electron chi connectivity index (χ1n) is 10.4. The van der Waals surface area contributed by atoms with Gasteiger partial charge in [-0.2, -0.15) is 5.10 Å². The molecule has 0 aliphatic rings. The maximum Gasteiger partial charge on any atom is 0.191 e. The molecule has 0 amide bonds. The molecule has 0 spiro atoms. The zero-order chi connectivity index (χ0) is 21.3. The van der Waals surface area contributed by atoms with Gasteiger partial charge in [0.2, 0.25) is 0 Å². The van der Waals surface area contributed by atoms with E-state index < -0.39 is 0 Å². The minimum absolute atomic E-state index is 0.726. The van der Waals surface area contributed by atoms with Crippen molar-refractivity contribution in [2.45, 2.75) is 19.5 Å². The van der Waals surface area contributed by atoms with E-state index in [0.29, 0.717) is 0 Å². The molecule has 158 valence electrons. The lowest BCUT2D eigenvalue weighted by molar-refractivity contribution is 0.787. The Morgan fingerprint density at radius 1 is 0.903 bits per heavy atom. The molecule has 0 saturated carbocycles. The summed E-state index contributed by atoms with van der Waals surface area (Å²) >= 11 is 0. The maximum absolute atomic E-state index is 4.32. The second-order valence-corrected chi connectivity index (χ2v) is 7.27. The highest BCUT2D eigenvalue weighted by atomic mass is 15.3. The molecule has 0 radical (unpaired) electrons. The van der Waals surface area contributed by atoms with Crippen LogP contribution in [0.15, 0.2) is 90.7 Å². The Morgan fingerprint density at radius 3 is 2.35 bits per heavy atom. The molecule has 0 atom stereocenters. The largest absolute Gasteiger partial charge is 0.356 e. The Hall–Kier alpha value is -3.87. The Labute approximate surface area is 182 Å². The van der Waals surface area contributed by atoms with Gasteiger partial charge in [-0.05, 0) is 41.3 Å². The van der Waals surface area contributed by atoms with Gasteiger partial charge < -0.3 is 15.2 Å². The number of hydrogen-bond acceptors (Lipinski definition) is 3. The van der Waals surface area contributed by atoms with E-state index in [-0.39, 0.29) is 0 Å². The van der Waals surface area contributed by atoms with Crippen LogP contribution in [0, 0.1) is 0 Å². The average molecular weight is 414 g/mol. The normalized spacial score (nSPS) is 11.5. The fraction of sp³-hybridized carbons (Fsp3) is 0.208. The number of hydrogen-bond donors (Lipinski definition) is 2. The van der Waals surface area contributed by atoms with Crippen molar-refractivity contribution in [2.24, 2.45) is 4.99 Å². The first-order valence-corrected chi connectivity index (χ1v) is 10.4. The molecule has 2 aromatic heterocycles. The fourth-order valence-electron chi connectivity index (χ4n) is 3.32. The maximum atomic E-state index is 4.32. The van der Waals surface area contributed by atoms with Gasteiger partial charge in [0.05, 0.1) is 12.0 Å². The number of aliphatic imine (C=N–C) groups is 1. The predicted molar refractivity (Wildman–Crippen MR) is 123 cm³/mol. The van der Waals surface area contributed by atoms with Crippen molar-refractivity contribution < 1.29 is 0 Å². The fourth-order valence-corrected chi connectivity index (χ4v) is 3.32. The van der Waals surface area contributed by atoms with Crippen LogP contribution < -0.4 is 10.6 Å². The average Bonchev–Trinajstić information content (AvgIpc) is 3.52. The van der Waals surface area contributed by atoms with E-state index in [1.165, 1.54) is 16.7 Å². The summed E-state index contributed by atoms with van der Waals surface area (Å²) in [6, 6.07) is 19.0. The summed E-state index contributed by atoms with van der Waals surface area (Å²) in [5.74, 6) is 0.802. The van der Waals surface area contributed by atoms with E-state index in [4.69, 9.17) is 0 Å². The highest BCUT2D eigenvalue weighted by molar-refractivity contribution is 5.79. The minimum atomic E-state index is 0.726. The number of nitrogens with one attached hydrogen (secondary N) is 2. The Bertz CT molecular complexity index is 1060. The molecule has 31 heavy (non-hydrogen) atoms.